The number of fused-ring (bicyclic) bond motifs is 1. The summed E-state index contributed by atoms with van der Waals surface area (Å²) < 4.78 is 25.5. The third-order valence-electron chi connectivity index (χ3n) is 6.95. The second-order valence-electron chi connectivity index (χ2n) is 9.48. The Balaban J connectivity index is 1.65. The average molecular weight is 631 g/mol. The summed E-state index contributed by atoms with van der Waals surface area (Å²) in [7, 11) is 1.55. The minimum absolute atomic E-state index is 0.193. The number of methoxy groups -OCH3 is 1. The minimum atomic E-state index is -0.795. The van der Waals surface area contributed by atoms with Crippen LogP contribution in [0.15, 0.2) is 54.2 Å². The molecule has 0 aliphatic carbocycles. The zero-order valence-electron chi connectivity index (χ0n) is 23.0. The Bertz CT molecular complexity index is 1630. The van der Waals surface area contributed by atoms with E-state index in [1.165, 1.54) is 17.8 Å². The number of hydrogen-bond acceptors (Lipinski definition) is 9. The highest BCUT2D eigenvalue weighted by atomic mass is 79.9. The number of furan rings is 1. The van der Waals surface area contributed by atoms with Gasteiger partial charge in [-0.05, 0) is 63.8 Å². The molecular formula is C29H32BrN3O6S. The van der Waals surface area contributed by atoms with Gasteiger partial charge in [0.1, 0.15) is 5.76 Å². The van der Waals surface area contributed by atoms with Gasteiger partial charge in [0, 0.05) is 29.7 Å². The highest BCUT2D eigenvalue weighted by Gasteiger charge is 2.35. The molecule has 9 nitrogen and oxygen atoms in total. The molecule has 1 atom stereocenters. The number of anilines is 1. The number of nitrogens with zero attached hydrogens (tertiary/aromatic N) is 3. The first-order valence-corrected chi connectivity index (χ1v) is 15.0. The van der Waals surface area contributed by atoms with Crippen LogP contribution in [0.3, 0.4) is 0 Å². The molecule has 0 spiro atoms. The van der Waals surface area contributed by atoms with E-state index < -0.39 is 12.0 Å². The first kappa shape index (κ1) is 28.2. The largest absolute Gasteiger partial charge is 0.493 e. The van der Waals surface area contributed by atoms with Crippen LogP contribution in [0.25, 0.3) is 6.08 Å². The van der Waals surface area contributed by atoms with Crippen LogP contribution in [0.4, 0.5) is 5.88 Å². The van der Waals surface area contributed by atoms with Crippen LogP contribution in [0.1, 0.15) is 57.4 Å². The van der Waals surface area contributed by atoms with Gasteiger partial charge in [-0.25, -0.2) is 9.79 Å². The monoisotopic (exact) mass is 629 g/mol. The molecule has 1 aromatic carbocycles. The fourth-order valence-electron chi connectivity index (χ4n) is 5.11. The maximum absolute atomic E-state index is 14.0. The molecule has 40 heavy (non-hydrogen) atoms. The molecule has 2 aliphatic rings. The van der Waals surface area contributed by atoms with Gasteiger partial charge in [0.05, 0.1) is 42.2 Å². The molecule has 3 aromatic rings. The first-order chi connectivity index (χ1) is 19.4. The lowest BCUT2D eigenvalue weighted by Crippen LogP contribution is -2.40. The lowest BCUT2D eigenvalue weighted by atomic mass is 9.95. The Morgan fingerprint density at radius 2 is 1.95 bits per heavy atom. The van der Waals surface area contributed by atoms with Crippen molar-refractivity contribution in [2.24, 2.45) is 4.99 Å². The van der Waals surface area contributed by atoms with Crippen molar-refractivity contribution in [3.63, 3.8) is 0 Å². The summed E-state index contributed by atoms with van der Waals surface area (Å²) in [6.07, 6.45) is 5.26. The molecule has 11 heteroatoms. The molecule has 0 bridgehead atoms. The molecule has 212 valence electrons. The topological polar surface area (TPSA) is 95.5 Å². The molecule has 1 saturated heterocycles. The molecule has 0 N–H and O–H groups in total. The molecule has 0 saturated carbocycles. The number of esters is 1. The average Bonchev–Trinajstić information content (AvgIpc) is 3.53. The van der Waals surface area contributed by atoms with Crippen molar-refractivity contribution < 1.29 is 23.4 Å². The normalized spacial score (nSPS) is 17.5. The Morgan fingerprint density at radius 1 is 1.18 bits per heavy atom. The number of benzene rings is 1. The third-order valence-corrected chi connectivity index (χ3v) is 8.62. The highest BCUT2D eigenvalue weighted by Crippen LogP contribution is 2.41. The van der Waals surface area contributed by atoms with Gasteiger partial charge in [0.25, 0.3) is 5.56 Å². The molecule has 5 rings (SSSR count). The van der Waals surface area contributed by atoms with E-state index >= 15 is 0 Å². The Morgan fingerprint density at radius 3 is 2.65 bits per heavy atom. The predicted molar refractivity (Wildman–Crippen MR) is 157 cm³/mol. The molecule has 0 unspecified atom stereocenters. The van der Waals surface area contributed by atoms with Gasteiger partial charge < -0.3 is 23.5 Å². The van der Waals surface area contributed by atoms with Crippen molar-refractivity contribution in [3.05, 3.63) is 71.0 Å². The number of thiazole rings is 1. The van der Waals surface area contributed by atoms with Crippen LogP contribution >= 0.6 is 27.3 Å². The van der Waals surface area contributed by atoms with Crippen molar-refractivity contribution in [1.29, 1.82) is 0 Å². The maximum atomic E-state index is 14.0. The molecule has 4 heterocycles. The lowest BCUT2D eigenvalue weighted by Gasteiger charge is -2.26. The summed E-state index contributed by atoms with van der Waals surface area (Å²) in [6, 6.07) is 6.60. The molecule has 0 amide bonds. The van der Waals surface area contributed by atoms with E-state index in [4.69, 9.17) is 18.6 Å². The van der Waals surface area contributed by atoms with Crippen LogP contribution in [0.2, 0.25) is 0 Å². The van der Waals surface area contributed by atoms with Crippen LogP contribution < -0.4 is 29.3 Å². The van der Waals surface area contributed by atoms with Crippen molar-refractivity contribution >= 4 is 45.2 Å². The van der Waals surface area contributed by atoms with E-state index in [2.05, 4.69) is 25.8 Å². The number of aromatic nitrogens is 1. The summed E-state index contributed by atoms with van der Waals surface area (Å²) in [5.41, 5.74) is 1.15. The maximum Gasteiger partial charge on any atom is 0.338 e. The Hall–Kier alpha value is -3.31. The zero-order chi connectivity index (χ0) is 28.4. The van der Waals surface area contributed by atoms with E-state index in [-0.39, 0.29) is 17.7 Å². The number of carbonyl (C=O) groups is 1. The van der Waals surface area contributed by atoms with Gasteiger partial charge >= 0.3 is 5.97 Å². The zero-order valence-corrected chi connectivity index (χ0v) is 25.4. The molecular weight excluding hydrogens is 598 g/mol. The highest BCUT2D eigenvalue weighted by molar-refractivity contribution is 9.10. The summed E-state index contributed by atoms with van der Waals surface area (Å²) in [5, 5.41) is 0. The van der Waals surface area contributed by atoms with E-state index in [1.807, 2.05) is 19.1 Å². The quantitative estimate of drug-likeness (QED) is 0.337. The summed E-state index contributed by atoms with van der Waals surface area (Å²) in [6.45, 7) is 7.97. The smallest absolute Gasteiger partial charge is 0.338 e. The Labute approximate surface area is 244 Å². The molecule has 0 radical (unpaired) electrons. The van der Waals surface area contributed by atoms with Crippen molar-refractivity contribution in [2.45, 2.75) is 46.1 Å². The second-order valence-corrected chi connectivity index (χ2v) is 11.3. The van der Waals surface area contributed by atoms with Gasteiger partial charge in [0.15, 0.2) is 22.2 Å². The SMILES string of the molecule is CCOC(=O)C1=C(C)N=c2s/c(=C/c3ccc(N4CCCCC4)o3)c(=O)n2[C@H]1c1cc(OC)c(OCC)cc1Br. The molecule has 1 fully saturated rings. The van der Waals surface area contributed by atoms with E-state index in [1.54, 1.807) is 43.7 Å². The number of carbonyl (C=O) groups excluding carboxylic acids is 1. The van der Waals surface area contributed by atoms with E-state index in [9.17, 15) is 9.59 Å². The number of rotatable bonds is 8. The summed E-state index contributed by atoms with van der Waals surface area (Å²) in [4.78, 5) is 34.6. The van der Waals surface area contributed by atoms with Crippen LogP contribution in [0.5, 0.6) is 11.5 Å². The van der Waals surface area contributed by atoms with Crippen LogP contribution in [0, 0.1) is 0 Å². The standard InChI is InChI=1S/C29H32BrN3O6S/c1-5-37-22-16-20(30)19(15-21(22)36-4)26-25(28(35)38-6-2)17(3)31-29-33(26)27(34)23(40-29)14-18-10-11-24(39-18)32-12-8-7-9-13-32/h10-11,14-16,26H,5-9,12-13H2,1-4H3/b23-14+/t26-/m0/s1. The number of ether oxygens (including phenoxy) is 3. The van der Waals surface area contributed by atoms with Crippen molar-refractivity contribution in [3.8, 4) is 11.5 Å². The van der Waals surface area contributed by atoms with Gasteiger partial charge in [-0.1, -0.05) is 27.3 Å². The summed E-state index contributed by atoms with van der Waals surface area (Å²) in [5.74, 6) is 1.91. The number of allylic oxidation sites excluding steroid dienone is 1. The molecule has 2 aliphatic heterocycles. The predicted octanol–water partition coefficient (Wildman–Crippen LogP) is 4.55. The van der Waals surface area contributed by atoms with Gasteiger partial charge in [-0.15, -0.1) is 0 Å². The van der Waals surface area contributed by atoms with Gasteiger partial charge in [-0.2, -0.15) is 0 Å². The first-order valence-electron chi connectivity index (χ1n) is 13.4. The fraction of sp³-hybridized carbons (Fsp3) is 0.414. The van der Waals surface area contributed by atoms with Crippen LogP contribution in [-0.2, 0) is 9.53 Å². The Kier molecular flexibility index (Phi) is 8.51. The van der Waals surface area contributed by atoms with Gasteiger partial charge in [0.2, 0.25) is 0 Å². The second kappa shape index (κ2) is 12.1. The third kappa shape index (κ3) is 5.36. The number of halogens is 1. The van der Waals surface area contributed by atoms with E-state index in [0.717, 1.165) is 31.8 Å². The van der Waals surface area contributed by atoms with Crippen molar-refractivity contribution in [1.82, 2.24) is 4.57 Å². The van der Waals surface area contributed by atoms with Gasteiger partial charge in [-0.3, -0.25) is 9.36 Å². The summed E-state index contributed by atoms with van der Waals surface area (Å²) >= 11 is 4.90. The number of piperidine rings is 1. The lowest BCUT2D eigenvalue weighted by molar-refractivity contribution is -0.139. The molecule has 2 aromatic heterocycles. The van der Waals surface area contributed by atoms with Crippen LogP contribution in [-0.4, -0.2) is 43.9 Å². The minimum Gasteiger partial charge on any atom is -0.493 e. The number of hydrogen-bond donors (Lipinski definition) is 0. The fourth-order valence-corrected chi connectivity index (χ4v) is 6.67. The van der Waals surface area contributed by atoms with E-state index in [0.29, 0.717) is 48.9 Å². The van der Waals surface area contributed by atoms with Crippen molar-refractivity contribution in [2.75, 3.05) is 38.3 Å².